The minimum Gasteiger partial charge on any atom is -0.444 e. The van der Waals surface area contributed by atoms with Crippen molar-refractivity contribution in [1.82, 2.24) is 10.6 Å². The minimum absolute atomic E-state index is 0.290. The molecule has 1 amide bonds. The second kappa shape index (κ2) is 6.12. The molecule has 0 aromatic heterocycles. The van der Waals surface area contributed by atoms with Crippen molar-refractivity contribution in [2.45, 2.75) is 77.0 Å². The van der Waals surface area contributed by atoms with Gasteiger partial charge in [0, 0.05) is 18.6 Å². The Morgan fingerprint density at radius 3 is 2.47 bits per heavy atom. The molecule has 2 heterocycles. The first-order chi connectivity index (χ1) is 8.92. The van der Waals surface area contributed by atoms with Crippen molar-refractivity contribution >= 4 is 6.09 Å². The predicted molar refractivity (Wildman–Crippen MR) is 76.1 cm³/mol. The van der Waals surface area contributed by atoms with Crippen LogP contribution in [0, 0.1) is 5.92 Å². The molecule has 0 aliphatic carbocycles. The zero-order valence-corrected chi connectivity index (χ0v) is 12.5. The molecule has 2 bridgehead atoms. The third kappa shape index (κ3) is 5.01. The highest BCUT2D eigenvalue weighted by Crippen LogP contribution is 2.31. The van der Waals surface area contributed by atoms with E-state index in [1.165, 1.54) is 32.1 Å². The van der Waals surface area contributed by atoms with Crippen molar-refractivity contribution in [1.29, 1.82) is 0 Å². The van der Waals surface area contributed by atoms with Gasteiger partial charge in [0.05, 0.1) is 0 Å². The van der Waals surface area contributed by atoms with Gasteiger partial charge in [-0.05, 0) is 58.8 Å². The summed E-state index contributed by atoms with van der Waals surface area (Å²) in [5, 5.41) is 6.57. The Balaban J connectivity index is 1.64. The number of alkyl carbamates (subject to hydrolysis) is 1. The van der Waals surface area contributed by atoms with Crippen LogP contribution in [0.3, 0.4) is 0 Å². The number of hydrogen-bond acceptors (Lipinski definition) is 3. The summed E-state index contributed by atoms with van der Waals surface area (Å²) in [6.45, 7) is 6.40. The third-order valence-corrected chi connectivity index (χ3v) is 4.03. The van der Waals surface area contributed by atoms with Gasteiger partial charge >= 0.3 is 6.09 Å². The molecule has 0 saturated carbocycles. The third-order valence-electron chi connectivity index (χ3n) is 4.03. The summed E-state index contributed by atoms with van der Waals surface area (Å²) in [5.74, 6) is 0.756. The van der Waals surface area contributed by atoms with Crippen LogP contribution in [-0.2, 0) is 4.74 Å². The van der Waals surface area contributed by atoms with Gasteiger partial charge in [-0.1, -0.05) is 6.42 Å². The fourth-order valence-corrected chi connectivity index (χ4v) is 3.31. The molecule has 4 heteroatoms. The summed E-state index contributed by atoms with van der Waals surface area (Å²) in [6.07, 6.45) is 7.36. The smallest absolute Gasteiger partial charge is 0.407 e. The van der Waals surface area contributed by atoms with E-state index in [4.69, 9.17) is 4.74 Å². The number of amides is 1. The first-order valence-electron chi connectivity index (χ1n) is 7.65. The van der Waals surface area contributed by atoms with Gasteiger partial charge in [0.15, 0.2) is 0 Å². The van der Waals surface area contributed by atoms with Crippen LogP contribution in [0.5, 0.6) is 0 Å². The topological polar surface area (TPSA) is 50.4 Å². The zero-order valence-electron chi connectivity index (χ0n) is 12.5. The molecule has 2 atom stereocenters. The maximum absolute atomic E-state index is 11.6. The molecule has 110 valence electrons. The molecular weight excluding hydrogens is 240 g/mol. The van der Waals surface area contributed by atoms with E-state index in [0.717, 1.165) is 31.0 Å². The largest absolute Gasteiger partial charge is 0.444 e. The Morgan fingerprint density at radius 1 is 1.26 bits per heavy atom. The van der Waals surface area contributed by atoms with Gasteiger partial charge in [-0.15, -0.1) is 0 Å². The lowest BCUT2D eigenvalue weighted by molar-refractivity contribution is 0.0522. The molecule has 0 aromatic rings. The second-order valence-electron chi connectivity index (χ2n) is 7.05. The van der Waals surface area contributed by atoms with Crippen LogP contribution < -0.4 is 10.6 Å². The number of ether oxygens (including phenoxy) is 1. The van der Waals surface area contributed by atoms with Gasteiger partial charge < -0.3 is 15.4 Å². The predicted octanol–water partition coefficient (Wildman–Crippen LogP) is 2.82. The molecule has 2 N–H and O–H groups in total. The van der Waals surface area contributed by atoms with Crippen LogP contribution in [0.25, 0.3) is 0 Å². The van der Waals surface area contributed by atoms with E-state index < -0.39 is 5.60 Å². The number of fused-ring (bicyclic) bond motifs is 2. The summed E-state index contributed by atoms with van der Waals surface area (Å²) in [6, 6.07) is 1.44. The number of piperidine rings is 2. The zero-order chi connectivity index (χ0) is 13.9. The molecule has 2 aliphatic heterocycles. The first kappa shape index (κ1) is 14.6. The van der Waals surface area contributed by atoms with E-state index in [2.05, 4.69) is 10.6 Å². The van der Waals surface area contributed by atoms with Crippen molar-refractivity contribution in [3.8, 4) is 0 Å². The fourth-order valence-electron chi connectivity index (χ4n) is 3.31. The van der Waals surface area contributed by atoms with Gasteiger partial charge in [0.1, 0.15) is 5.60 Å². The van der Waals surface area contributed by atoms with E-state index in [9.17, 15) is 4.79 Å². The van der Waals surface area contributed by atoms with E-state index in [1.807, 2.05) is 20.8 Å². The second-order valence-corrected chi connectivity index (χ2v) is 7.05. The first-order valence-corrected chi connectivity index (χ1v) is 7.65. The number of rotatable bonds is 3. The molecule has 2 fully saturated rings. The fraction of sp³-hybridized carbons (Fsp3) is 0.933. The Kier molecular flexibility index (Phi) is 4.71. The lowest BCUT2D eigenvalue weighted by Crippen LogP contribution is -2.49. The maximum Gasteiger partial charge on any atom is 0.407 e. The molecule has 2 saturated heterocycles. The Hall–Kier alpha value is -0.770. The number of hydrogen-bond donors (Lipinski definition) is 2. The number of carbonyl (C=O) groups excluding carboxylic acids is 1. The molecule has 2 aliphatic rings. The van der Waals surface area contributed by atoms with Crippen LogP contribution >= 0.6 is 0 Å². The summed E-state index contributed by atoms with van der Waals surface area (Å²) >= 11 is 0. The summed E-state index contributed by atoms with van der Waals surface area (Å²) in [4.78, 5) is 11.6. The normalized spacial score (nSPS) is 30.8. The van der Waals surface area contributed by atoms with E-state index in [0.29, 0.717) is 0 Å². The Bertz CT molecular complexity index is 300. The molecule has 0 spiro atoms. The minimum atomic E-state index is -0.407. The van der Waals surface area contributed by atoms with Crippen LogP contribution in [-0.4, -0.2) is 30.3 Å². The van der Waals surface area contributed by atoms with Gasteiger partial charge in [0.25, 0.3) is 0 Å². The van der Waals surface area contributed by atoms with Crippen molar-refractivity contribution in [2.24, 2.45) is 5.92 Å². The lowest BCUT2D eigenvalue weighted by Gasteiger charge is -2.40. The summed E-state index contributed by atoms with van der Waals surface area (Å²) in [7, 11) is 0. The Morgan fingerprint density at radius 2 is 1.89 bits per heavy atom. The molecule has 0 aromatic carbocycles. The molecule has 4 nitrogen and oxygen atoms in total. The van der Waals surface area contributed by atoms with E-state index >= 15 is 0 Å². The summed E-state index contributed by atoms with van der Waals surface area (Å²) in [5.41, 5.74) is -0.407. The number of carbonyl (C=O) groups is 1. The van der Waals surface area contributed by atoms with Crippen molar-refractivity contribution in [2.75, 3.05) is 6.54 Å². The van der Waals surface area contributed by atoms with E-state index in [-0.39, 0.29) is 6.09 Å². The van der Waals surface area contributed by atoms with Crippen LogP contribution in [0.4, 0.5) is 4.79 Å². The molecule has 2 rings (SSSR count). The van der Waals surface area contributed by atoms with Crippen molar-refractivity contribution < 1.29 is 9.53 Å². The van der Waals surface area contributed by atoms with Crippen LogP contribution in [0.15, 0.2) is 0 Å². The van der Waals surface area contributed by atoms with Crippen LogP contribution in [0.1, 0.15) is 59.3 Å². The highest BCUT2D eigenvalue weighted by Gasteiger charge is 2.30. The van der Waals surface area contributed by atoms with Crippen molar-refractivity contribution in [3.63, 3.8) is 0 Å². The average Bonchev–Trinajstić information content (AvgIpc) is 2.26. The quantitative estimate of drug-likeness (QED) is 0.827. The lowest BCUT2D eigenvalue weighted by atomic mass is 9.79. The standard InChI is InChI=1S/C15H28N2O2/c1-15(2,3)19-14(18)16-8-7-11-9-12-5-4-6-13(10-11)17-12/h11-13,17H,4-10H2,1-3H3,(H,16,18). The highest BCUT2D eigenvalue weighted by molar-refractivity contribution is 5.67. The van der Waals surface area contributed by atoms with Crippen LogP contribution in [0.2, 0.25) is 0 Å². The average molecular weight is 268 g/mol. The Labute approximate surface area is 116 Å². The van der Waals surface area contributed by atoms with Gasteiger partial charge in [-0.3, -0.25) is 0 Å². The van der Waals surface area contributed by atoms with Gasteiger partial charge in [-0.2, -0.15) is 0 Å². The molecular formula is C15H28N2O2. The summed E-state index contributed by atoms with van der Waals surface area (Å²) < 4.78 is 5.24. The maximum atomic E-state index is 11.6. The molecule has 0 radical (unpaired) electrons. The monoisotopic (exact) mass is 268 g/mol. The van der Waals surface area contributed by atoms with Gasteiger partial charge in [-0.25, -0.2) is 4.79 Å². The molecule has 19 heavy (non-hydrogen) atoms. The number of nitrogens with one attached hydrogen (secondary N) is 2. The van der Waals surface area contributed by atoms with E-state index in [1.54, 1.807) is 0 Å². The highest BCUT2D eigenvalue weighted by atomic mass is 16.6. The van der Waals surface area contributed by atoms with Gasteiger partial charge in [0.2, 0.25) is 0 Å². The molecule has 2 unspecified atom stereocenters. The van der Waals surface area contributed by atoms with Crippen molar-refractivity contribution in [3.05, 3.63) is 0 Å². The SMILES string of the molecule is CC(C)(C)OC(=O)NCCC1CC2CCCC(C1)N2.